The van der Waals surface area contributed by atoms with Crippen LogP contribution in [0.1, 0.15) is 24.8 Å². The smallest absolute Gasteiger partial charge is 0.142 e. The van der Waals surface area contributed by atoms with Crippen molar-refractivity contribution in [2.24, 2.45) is 0 Å². The molecule has 1 nitrogen and oxygen atoms in total. The second kappa shape index (κ2) is 4.91. The average molecular weight is 262 g/mol. The van der Waals surface area contributed by atoms with Gasteiger partial charge in [-0.25, -0.2) is 4.39 Å². The molecule has 1 N–H and O–H groups in total. The number of benzene rings is 1. The Bertz CT molecular complexity index is 372. The van der Waals surface area contributed by atoms with Gasteiger partial charge in [0.15, 0.2) is 0 Å². The highest BCUT2D eigenvalue weighted by molar-refractivity contribution is 6.30. The lowest BCUT2D eigenvalue weighted by Crippen LogP contribution is -2.52. The molecule has 4 heteroatoms. The Kier molecular flexibility index (Phi) is 3.73. The SMILES string of the molecule is Fc1cc(CNC2(CCl)CCC2)ccc1Cl. The summed E-state index contributed by atoms with van der Waals surface area (Å²) < 4.78 is 13.2. The molecule has 1 aromatic rings. The third-order valence-corrected chi connectivity index (χ3v) is 4.04. The van der Waals surface area contributed by atoms with E-state index in [4.69, 9.17) is 23.2 Å². The second-order valence-electron chi connectivity index (χ2n) is 4.37. The Morgan fingerprint density at radius 3 is 2.62 bits per heavy atom. The molecule has 0 saturated heterocycles. The molecule has 0 heterocycles. The van der Waals surface area contributed by atoms with Crippen LogP contribution in [-0.4, -0.2) is 11.4 Å². The van der Waals surface area contributed by atoms with Crippen LogP contribution in [0.5, 0.6) is 0 Å². The molecule has 1 saturated carbocycles. The molecule has 0 aliphatic heterocycles. The highest BCUT2D eigenvalue weighted by Crippen LogP contribution is 2.33. The van der Waals surface area contributed by atoms with Crippen LogP contribution in [0.15, 0.2) is 18.2 Å². The van der Waals surface area contributed by atoms with Crippen molar-refractivity contribution in [3.63, 3.8) is 0 Å². The number of hydrogen-bond donors (Lipinski definition) is 1. The van der Waals surface area contributed by atoms with Crippen LogP contribution in [0.3, 0.4) is 0 Å². The predicted octanol–water partition coefficient (Wildman–Crippen LogP) is 3.73. The monoisotopic (exact) mass is 261 g/mol. The van der Waals surface area contributed by atoms with Gasteiger partial charge in [-0.1, -0.05) is 17.7 Å². The topological polar surface area (TPSA) is 12.0 Å². The van der Waals surface area contributed by atoms with Crippen molar-refractivity contribution < 1.29 is 4.39 Å². The molecule has 0 bridgehead atoms. The van der Waals surface area contributed by atoms with Crippen LogP contribution in [-0.2, 0) is 6.54 Å². The van der Waals surface area contributed by atoms with Crippen LogP contribution in [0.4, 0.5) is 4.39 Å². The van der Waals surface area contributed by atoms with E-state index in [1.165, 1.54) is 12.5 Å². The minimum atomic E-state index is -0.366. The number of halogens is 3. The zero-order valence-electron chi connectivity index (χ0n) is 8.90. The van der Waals surface area contributed by atoms with Gasteiger partial charge in [0.1, 0.15) is 5.82 Å². The normalized spacial score (nSPS) is 18.2. The minimum absolute atomic E-state index is 0.0671. The number of rotatable bonds is 4. The van der Waals surface area contributed by atoms with Crippen molar-refractivity contribution in [1.82, 2.24) is 5.32 Å². The van der Waals surface area contributed by atoms with Crippen molar-refractivity contribution >= 4 is 23.2 Å². The summed E-state index contributed by atoms with van der Waals surface area (Å²) in [6, 6.07) is 4.89. The van der Waals surface area contributed by atoms with Gasteiger partial charge in [-0.05, 0) is 37.0 Å². The highest BCUT2D eigenvalue weighted by atomic mass is 35.5. The number of nitrogens with one attached hydrogen (secondary N) is 1. The largest absolute Gasteiger partial charge is 0.306 e. The average Bonchev–Trinajstić information content (AvgIpc) is 2.22. The van der Waals surface area contributed by atoms with Crippen molar-refractivity contribution in [2.45, 2.75) is 31.3 Å². The molecule has 0 aromatic heterocycles. The van der Waals surface area contributed by atoms with Crippen molar-refractivity contribution in [3.8, 4) is 0 Å². The maximum atomic E-state index is 13.2. The van der Waals surface area contributed by atoms with Gasteiger partial charge in [0, 0.05) is 18.0 Å². The van der Waals surface area contributed by atoms with E-state index in [0.717, 1.165) is 18.4 Å². The van der Waals surface area contributed by atoms with E-state index in [1.807, 2.05) is 6.07 Å². The molecule has 1 aromatic carbocycles. The fraction of sp³-hybridized carbons (Fsp3) is 0.500. The summed E-state index contributed by atoms with van der Waals surface area (Å²) in [7, 11) is 0. The quantitative estimate of drug-likeness (QED) is 0.815. The molecule has 0 radical (unpaired) electrons. The summed E-state index contributed by atoms with van der Waals surface area (Å²) in [6.07, 6.45) is 3.42. The van der Waals surface area contributed by atoms with E-state index in [9.17, 15) is 4.39 Å². The first-order valence-electron chi connectivity index (χ1n) is 5.40. The van der Waals surface area contributed by atoms with Crippen LogP contribution in [0, 0.1) is 5.82 Å². The van der Waals surface area contributed by atoms with E-state index in [2.05, 4.69) is 5.32 Å². The van der Waals surface area contributed by atoms with E-state index in [0.29, 0.717) is 12.4 Å². The molecular formula is C12H14Cl2FN. The van der Waals surface area contributed by atoms with E-state index < -0.39 is 0 Å². The standard InChI is InChI=1S/C12H14Cl2FN/c13-8-12(4-1-5-12)16-7-9-2-3-10(14)11(15)6-9/h2-3,6,16H,1,4-5,7-8H2. The van der Waals surface area contributed by atoms with E-state index >= 15 is 0 Å². The first-order valence-corrected chi connectivity index (χ1v) is 6.31. The van der Waals surface area contributed by atoms with Gasteiger partial charge in [-0.2, -0.15) is 0 Å². The Balaban J connectivity index is 1.96. The van der Waals surface area contributed by atoms with Crippen molar-refractivity contribution in [1.29, 1.82) is 0 Å². The molecule has 0 spiro atoms. The van der Waals surface area contributed by atoms with Gasteiger partial charge in [-0.3, -0.25) is 0 Å². The summed E-state index contributed by atoms with van der Waals surface area (Å²) in [5.41, 5.74) is 0.968. The van der Waals surface area contributed by atoms with Gasteiger partial charge in [0.05, 0.1) is 5.02 Å². The Morgan fingerprint density at radius 2 is 2.12 bits per heavy atom. The van der Waals surface area contributed by atoms with E-state index in [1.54, 1.807) is 6.07 Å². The lowest BCUT2D eigenvalue weighted by atomic mass is 9.78. The first kappa shape index (κ1) is 12.2. The van der Waals surface area contributed by atoms with Crippen LogP contribution in [0.2, 0.25) is 5.02 Å². The summed E-state index contributed by atoms with van der Waals surface area (Å²) in [5.74, 6) is 0.248. The fourth-order valence-electron chi connectivity index (χ4n) is 1.90. The molecule has 1 aliphatic rings. The number of alkyl halides is 1. The third-order valence-electron chi connectivity index (χ3n) is 3.22. The highest BCUT2D eigenvalue weighted by Gasteiger charge is 2.35. The lowest BCUT2D eigenvalue weighted by molar-refractivity contribution is 0.211. The Hall–Kier alpha value is -0.310. The van der Waals surface area contributed by atoms with Gasteiger partial charge < -0.3 is 5.32 Å². The molecule has 1 fully saturated rings. The molecular weight excluding hydrogens is 248 g/mol. The molecule has 0 amide bonds. The first-order chi connectivity index (χ1) is 7.65. The van der Waals surface area contributed by atoms with Crippen LogP contribution < -0.4 is 5.32 Å². The molecule has 0 atom stereocenters. The maximum absolute atomic E-state index is 13.2. The van der Waals surface area contributed by atoms with Crippen LogP contribution in [0.25, 0.3) is 0 Å². The molecule has 16 heavy (non-hydrogen) atoms. The lowest BCUT2D eigenvalue weighted by Gasteiger charge is -2.41. The zero-order valence-corrected chi connectivity index (χ0v) is 10.4. The van der Waals surface area contributed by atoms with Gasteiger partial charge in [-0.15, -0.1) is 11.6 Å². The van der Waals surface area contributed by atoms with Crippen LogP contribution >= 0.6 is 23.2 Å². The van der Waals surface area contributed by atoms with Gasteiger partial charge in [0.2, 0.25) is 0 Å². The maximum Gasteiger partial charge on any atom is 0.142 e. The number of hydrogen-bond acceptors (Lipinski definition) is 1. The third kappa shape index (κ3) is 2.50. The van der Waals surface area contributed by atoms with Crippen molar-refractivity contribution in [3.05, 3.63) is 34.6 Å². The van der Waals surface area contributed by atoms with Gasteiger partial charge in [0.25, 0.3) is 0 Å². The molecule has 2 rings (SSSR count). The summed E-state index contributed by atoms with van der Waals surface area (Å²) in [6.45, 7) is 0.640. The summed E-state index contributed by atoms with van der Waals surface area (Å²) >= 11 is 11.5. The minimum Gasteiger partial charge on any atom is -0.306 e. The molecule has 88 valence electrons. The second-order valence-corrected chi connectivity index (χ2v) is 5.04. The van der Waals surface area contributed by atoms with Crippen molar-refractivity contribution in [2.75, 3.05) is 5.88 Å². The zero-order chi connectivity index (χ0) is 11.6. The summed E-state index contributed by atoms with van der Waals surface area (Å²) in [4.78, 5) is 0. The van der Waals surface area contributed by atoms with E-state index in [-0.39, 0.29) is 16.4 Å². The Morgan fingerprint density at radius 1 is 1.38 bits per heavy atom. The molecule has 1 aliphatic carbocycles. The predicted molar refractivity (Wildman–Crippen MR) is 65.6 cm³/mol. The Labute approximate surface area is 105 Å². The summed E-state index contributed by atoms with van der Waals surface area (Å²) in [5, 5.41) is 3.57. The van der Waals surface area contributed by atoms with Gasteiger partial charge >= 0.3 is 0 Å². The molecule has 0 unspecified atom stereocenters. The fourth-order valence-corrected chi connectivity index (χ4v) is 2.38.